The van der Waals surface area contributed by atoms with Crippen molar-refractivity contribution in [3.63, 3.8) is 0 Å². The predicted octanol–water partition coefficient (Wildman–Crippen LogP) is 1.16. The molecule has 0 amide bonds. The summed E-state index contributed by atoms with van der Waals surface area (Å²) in [6, 6.07) is 7.95. The number of benzene rings is 1. The van der Waals surface area contributed by atoms with E-state index in [0.29, 0.717) is 12.3 Å². The predicted molar refractivity (Wildman–Crippen MR) is 80.8 cm³/mol. The number of nitrogens with two attached hydrogens (primary N) is 1. The van der Waals surface area contributed by atoms with Gasteiger partial charge in [0.05, 0.1) is 12.5 Å². The summed E-state index contributed by atoms with van der Waals surface area (Å²) in [4.78, 5) is 9.12. The number of rotatable bonds is 3. The zero-order chi connectivity index (χ0) is 14.8. The molecule has 6 heteroatoms. The highest BCUT2D eigenvalue weighted by Crippen LogP contribution is 2.21. The van der Waals surface area contributed by atoms with Crippen LogP contribution in [0.15, 0.2) is 28.8 Å². The van der Waals surface area contributed by atoms with Gasteiger partial charge in [0.1, 0.15) is 0 Å². The quantitative estimate of drug-likeness (QED) is 0.854. The molecule has 2 N–H and O–H groups in total. The molecule has 1 saturated heterocycles. The smallest absolute Gasteiger partial charge is 0.231 e. The van der Waals surface area contributed by atoms with Gasteiger partial charge >= 0.3 is 0 Å². The lowest BCUT2D eigenvalue weighted by Gasteiger charge is -2.35. The van der Waals surface area contributed by atoms with Crippen LogP contribution in [0.1, 0.15) is 23.3 Å². The standard InChI is InChI=1S/C15H21N5O/c1-19-6-7-20(2)13(10-19)15-17-14(21-18-15)9-11-4-3-5-12(16)8-11/h3-5,8,13H,6-7,9-10,16H2,1-2H3. The van der Waals surface area contributed by atoms with Crippen LogP contribution in [0.3, 0.4) is 0 Å². The van der Waals surface area contributed by atoms with Gasteiger partial charge in [-0.1, -0.05) is 17.3 Å². The van der Waals surface area contributed by atoms with Crippen LogP contribution in [0.5, 0.6) is 0 Å². The Hall–Kier alpha value is -1.92. The molecule has 1 aliphatic rings. The molecule has 0 spiro atoms. The van der Waals surface area contributed by atoms with E-state index in [-0.39, 0.29) is 6.04 Å². The summed E-state index contributed by atoms with van der Waals surface area (Å²) in [5, 5.41) is 4.16. The van der Waals surface area contributed by atoms with E-state index >= 15 is 0 Å². The first-order chi connectivity index (χ1) is 10.1. The lowest BCUT2D eigenvalue weighted by molar-refractivity contribution is 0.108. The summed E-state index contributed by atoms with van der Waals surface area (Å²) in [7, 11) is 4.22. The molecule has 1 fully saturated rings. The third kappa shape index (κ3) is 3.22. The van der Waals surface area contributed by atoms with E-state index in [1.54, 1.807) is 0 Å². The molecular formula is C15H21N5O. The molecular weight excluding hydrogens is 266 g/mol. The van der Waals surface area contributed by atoms with Crippen molar-refractivity contribution < 1.29 is 4.52 Å². The minimum atomic E-state index is 0.196. The molecule has 112 valence electrons. The lowest BCUT2D eigenvalue weighted by atomic mass is 10.1. The van der Waals surface area contributed by atoms with Gasteiger partial charge in [-0.05, 0) is 31.8 Å². The zero-order valence-electron chi connectivity index (χ0n) is 12.5. The molecule has 0 saturated carbocycles. The van der Waals surface area contributed by atoms with E-state index in [2.05, 4.69) is 34.0 Å². The Morgan fingerprint density at radius 3 is 3.00 bits per heavy atom. The second-order valence-corrected chi connectivity index (χ2v) is 5.73. The summed E-state index contributed by atoms with van der Waals surface area (Å²) >= 11 is 0. The van der Waals surface area contributed by atoms with Crippen LogP contribution in [-0.4, -0.2) is 53.7 Å². The van der Waals surface area contributed by atoms with Gasteiger partial charge in [-0.25, -0.2) is 0 Å². The molecule has 6 nitrogen and oxygen atoms in total. The van der Waals surface area contributed by atoms with Gasteiger partial charge in [-0.2, -0.15) is 4.98 Å². The molecule has 0 bridgehead atoms. The van der Waals surface area contributed by atoms with E-state index in [0.717, 1.165) is 36.7 Å². The van der Waals surface area contributed by atoms with E-state index in [9.17, 15) is 0 Å². The maximum Gasteiger partial charge on any atom is 0.231 e. The summed E-state index contributed by atoms with van der Waals surface area (Å²) in [6.07, 6.45) is 0.615. The fourth-order valence-corrected chi connectivity index (χ4v) is 2.64. The van der Waals surface area contributed by atoms with Crippen LogP contribution in [-0.2, 0) is 6.42 Å². The number of anilines is 1. The van der Waals surface area contributed by atoms with Crippen LogP contribution in [0, 0.1) is 0 Å². The third-order valence-corrected chi connectivity index (χ3v) is 3.94. The zero-order valence-corrected chi connectivity index (χ0v) is 12.5. The van der Waals surface area contributed by atoms with Crippen LogP contribution in [0.2, 0.25) is 0 Å². The third-order valence-electron chi connectivity index (χ3n) is 3.94. The first kappa shape index (κ1) is 14.0. The lowest BCUT2D eigenvalue weighted by Crippen LogP contribution is -2.45. The molecule has 21 heavy (non-hydrogen) atoms. The van der Waals surface area contributed by atoms with Crippen molar-refractivity contribution in [1.82, 2.24) is 19.9 Å². The van der Waals surface area contributed by atoms with Gasteiger partial charge in [-0.15, -0.1) is 0 Å². The molecule has 1 aromatic heterocycles. The van der Waals surface area contributed by atoms with Gasteiger partial charge < -0.3 is 15.2 Å². The number of likely N-dealkylation sites (N-methyl/N-ethyl adjacent to an activating group) is 2. The molecule has 0 aliphatic carbocycles. The number of hydrogen-bond donors (Lipinski definition) is 1. The summed E-state index contributed by atoms with van der Waals surface area (Å²) < 4.78 is 5.40. The van der Waals surface area contributed by atoms with Crippen LogP contribution in [0.4, 0.5) is 5.69 Å². The molecule has 1 unspecified atom stereocenters. The Bertz CT molecular complexity index is 612. The molecule has 1 aromatic carbocycles. The fraction of sp³-hybridized carbons (Fsp3) is 0.467. The second-order valence-electron chi connectivity index (χ2n) is 5.73. The van der Waals surface area contributed by atoms with E-state index < -0.39 is 0 Å². The highest BCUT2D eigenvalue weighted by molar-refractivity contribution is 5.41. The molecule has 0 radical (unpaired) electrons. The summed E-state index contributed by atoms with van der Waals surface area (Å²) in [5.74, 6) is 1.40. The fourth-order valence-electron chi connectivity index (χ4n) is 2.64. The first-order valence-electron chi connectivity index (χ1n) is 7.17. The summed E-state index contributed by atoms with van der Waals surface area (Å²) in [6.45, 7) is 3.01. The average molecular weight is 287 g/mol. The largest absolute Gasteiger partial charge is 0.399 e. The SMILES string of the molecule is CN1CCN(C)C(c2noc(Cc3cccc(N)c3)n2)C1. The molecule has 3 rings (SSSR count). The Morgan fingerprint density at radius 1 is 1.33 bits per heavy atom. The van der Waals surface area contributed by atoms with E-state index in [1.165, 1.54) is 0 Å². The minimum absolute atomic E-state index is 0.196. The monoisotopic (exact) mass is 287 g/mol. The van der Waals surface area contributed by atoms with Crippen molar-refractivity contribution in [1.29, 1.82) is 0 Å². The number of nitrogens with zero attached hydrogens (tertiary/aromatic N) is 4. The number of nitrogen functional groups attached to an aromatic ring is 1. The molecule has 1 aliphatic heterocycles. The van der Waals surface area contributed by atoms with Gasteiger partial charge in [0.15, 0.2) is 5.82 Å². The molecule has 1 atom stereocenters. The Balaban J connectivity index is 1.74. The average Bonchev–Trinajstić information content (AvgIpc) is 2.90. The topological polar surface area (TPSA) is 71.4 Å². The Labute approximate surface area is 124 Å². The Kier molecular flexibility index (Phi) is 3.90. The van der Waals surface area contributed by atoms with Gasteiger partial charge in [0, 0.05) is 25.3 Å². The van der Waals surface area contributed by atoms with Crippen molar-refractivity contribution in [2.75, 3.05) is 39.5 Å². The number of aromatic nitrogens is 2. The van der Waals surface area contributed by atoms with Crippen molar-refractivity contribution in [2.45, 2.75) is 12.5 Å². The maximum atomic E-state index is 5.79. The summed E-state index contributed by atoms with van der Waals surface area (Å²) in [5.41, 5.74) is 7.62. The first-order valence-corrected chi connectivity index (χ1v) is 7.17. The van der Waals surface area contributed by atoms with Gasteiger partial charge in [-0.3, -0.25) is 4.90 Å². The van der Waals surface area contributed by atoms with Crippen molar-refractivity contribution in [3.05, 3.63) is 41.5 Å². The Morgan fingerprint density at radius 2 is 2.19 bits per heavy atom. The molecule has 2 heterocycles. The minimum Gasteiger partial charge on any atom is -0.399 e. The second kappa shape index (κ2) is 5.83. The number of hydrogen-bond acceptors (Lipinski definition) is 6. The van der Waals surface area contributed by atoms with Crippen molar-refractivity contribution in [3.8, 4) is 0 Å². The van der Waals surface area contributed by atoms with Crippen molar-refractivity contribution >= 4 is 5.69 Å². The normalized spacial score (nSPS) is 20.8. The van der Waals surface area contributed by atoms with E-state index in [4.69, 9.17) is 10.3 Å². The van der Waals surface area contributed by atoms with Crippen LogP contribution >= 0.6 is 0 Å². The van der Waals surface area contributed by atoms with Gasteiger partial charge in [0.2, 0.25) is 5.89 Å². The number of piperazine rings is 1. The molecule has 2 aromatic rings. The van der Waals surface area contributed by atoms with Crippen LogP contribution < -0.4 is 5.73 Å². The van der Waals surface area contributed by atoms with Crippen molar-refractivity contribution in [2.24, 2.45) is 0 Å². The highest BCUT2D eigenvalue weighted by atomic mass is 16.5. The van der Waals surface area contributed by atoms with Gasteiger partial charge in [0.25, 0.3) is 0 Å². The maximum absolute atomic E-state index is 5.79. The highest BCUT2D eigenvalue weighted by Gasteiger charge is 2.27. The van der Waals surface area contributed by atoms with Crippen LogP contribution in [0.25, 0.3) is 0 Å². The van der Waals surface area contributed by atoms with E-state index in [1.807, 2.05) is 24.3 Å².